The molecule has 0 amide bonds. The number of hydrogen-bond donors (Lipinski definition) is 0. The van der Waals surface area contributed by atoms with Gasteiger partial charge in [0.25, 0.3) is 0 Å². The molecular formula is C20H22Cl3NO4. The van der Waals surface area contributed by atoms with Crippen LogP contribution in [0.2, 0.25) is 15.1 Å². The van der Waals surface area contributed by atoms with Crippen LogP contribution in [0.15, 0.2) is 41.6 Å². The van der Waals surface area contributed by atoms with Crippen LogP contribution in [0.25, 0.3) is 0 Å². The fourth-order valence-corrected chi connectivity index (χ4v) is 2.95. The van der Waals surface area contributed by atoms with Gasteiger partial charge in [0.15, 0.2) is 0 Å². The molecule has 0 aromatic heterocycles. The highest BCUT2D eigenvalue weighted by Gasteiger charge is 2.15. The van der Waals surface area contributed by atoms with Crippen molar-refractivity contribution in [2.24, 2.45) is 5.16 Å². The van der Waals surface area contributed by atoms with Gasteiger partial charge in [-0.3, -0.25) is 0 Å². The van der Waals surface area contributed by atoms with Crippen LogP contribution >= 0.6 is 34.8 Å². The van der Waals surface area contributed by atoms with Crippen LogP contribution in [-0.2, 0) is 16.2 Å². The molecule has 0 saturated heterocycles. The number of nitrogens with zero attached hydrogens (tertiary/aromatic N) is 1. The zero-order valence-corrected chi connectivity index (χ0v) is 17.9. The molecule has 0 radical (unpaired) electrons. The van der Waals surface area contributed by atoms with Crippen LogP contribution in [0.4, 0.5) is 0 Å². The molecule has 1 unspecified atom stereocenters. The first-order valence-electron chi connectivity index (χ1n) is 8.60. The van der Waals surface area contributed by atoms with E-state index in [0.717, 1.165) is 11.3 Å². The van der Waals surface area contributed by atoms with Crippen LogP contribution in [0.1, 0.15) is 18.4 Å². The largest absolute Gasteiger partial charge is 0.497 e. The third kappa shape index (κ3) is 7.40. The highest BCUT2D eigenvalue weighted by atomic mass is 35.5. The molecule has 2 aromatic carbocycles. The van der Waals surface area contributed by atoms with Gasteiger partial charge in [-0.2, -0.15) is 0 Å². The fraction of sp³-hybridized carbons (Fsp3) is 0.350. The third-order valence-corrected chi connectivity index (χ3v) is 4.82. The molecule has 0 spiro atoms. The Balaban J connectivity index is 1.97. The van der Waals surface area contributed by atoms with Crippen molar-refractivity contribution in [1.82, 2.24) is 0 Å². The standard InChI is InChI=1S/C20H22Cl3NO4/c1-25-15-7-5-14(6-8-15)12-27-13-16(4-3-9-24-26-2)28-20-11-18(22)17(21)10-19(20)23/h5-11,16H,3-4,12-13H2,1-2H3. The Bertz CT molecular complexity index is 769. The van der Waals surface area contributed by atoms with Gasteiger partial charge in [-0.25, -0.2) is 0 Å². The van der Waals surface area contributed by atoms with Gasteiger partial charge >= 0.3 is 0 Å². The van der Waals surface area contributed by atoms with Gasteiger partial charge in [-0.15, -0.1) is 0 Å². The smallest absolute Gasteiger partial charge is 0.140 e. The maximum absolute atomic E-state index is 6.22. The van der Waals surface area contributed by atoms with Crippen molar-refractivity contribution in [3.05, 3.63) is 57.0 Å². The van der Waals surface area contributed by atoms with E-state index in [1.54, 1.807) is 25.5 Å². The first-order chi connectivity index (χ1) is 13.5. The lowest BCUT2D eigenvalue weighted by Gasteiger charge is -2.20. The average Bonchev–Trinajstić information content (AvgIpc) is 2.69. The zero-order valence-electron chi connectivity index (χ0n) is 15.7. The second kappa shape index (κ2) is 12.0. The number of hydrogen-bond acceptors (Lipinski definition) is 5. The molecule has 0 aliphatic rings. The summed E-state index contributed by atoms with van der Waals surface area (Å²) in [5.41, 5.74) is 1.04. The van der Waals surface area contributed by atoms with Crippen molar-refractivity contribution in [3.8, 4) is 11.5 Å². The normalized spacial score (nSPS) is 12.2. The van der Waals surface area contributed by atoms with E-state index in [4.69, 9.17) is 49.0 Å². The number of rotatable bonds is 11. The molecule has 0 aliphatic carbocycles. The summed E-state index contributed by atoms with van der Waals surface area (Å²) in [4.78, 5) is 4.68. The van der Waals surface area contributed by atoms with E-state index in [9.17, 15) is 0 Å². The summed E-state index contributed by atoms with van der Waals surface area (Å²) in [5, 5.41) is 4.88. The summed E-state index contributed by atoms with van der Waals surface area (Å²) in [6.07, 6.45) is 2.74. The Morgan fingerprint density at radius 3 is 2.39 bits per heavy atom. The number of oxime groups is 1. The minimum Gasteiger partial charge on any atom is -0.497 e. The van der Waals surface area contributed by atoms with E-state index in [1.165, 1.54) is 7.11 Å². The van der Waals surface area contributed by atoms with Crippen molar-refractivity contribution in [2.75, 3.05) is 20.8 Å². The predicted molar refractivity (Wildman–Crippen MR) is 113 cm³/mol. The lowest BCUT2D eigenvalue weighted by molar-refractivity contribution is 0.0382. The Hall–Kier alpha value is -1.66. The molecule has 0 fully saturated rings. The topological polar surface area (TPSA) is 49.3 Å². The molecule has 0 aliphatic heterocycles. The molecule has 0 heterocycles. The number of ether oxygens (including phenoxy) is 3. The van der Waals surface area contributed by atoms with Crippen molar-refractivity contribution in [2.45, 2.75) is 25.6 Å². The Labute approximate surface area is 180 Å². The highest BCUT2D eigenvalue weighted by molar-refractivity contribution is 6.43. The van der Waals surface area contributed by atoms with E-state index in [0.29, 0.717) is 46.9 Å². The van der Waals surface area contributed by atoms with Crippen LogP contribution in [-0.4, -0.2) is 33.1 Å². The third-order valence-electron chi connectivity index (χ3n) is 3.80. The van der Waals surface area contributed by atoms with Gasteiger partial charge in [0.1, 0.15) is 24.7 Å². The van der Waals surface area contributed by atoms with Crippen LogP contribution in [0.5, 0.6) is 11.5 Å². The van der Waals surface area contributed by atoms with Gasteiger partial charge in [0.2, 0.25) is 0 Å². The van der Waals surface area contributed by atoms with Crippen LogP contribution in [0, 0.1) is 0 Å². The second-order valence-corrected chi connectivity index (χ2v) is 7.07. The van der Waals surface area contributed by atoms with Gasteiger partial charge in [-0.1, -0.05) is 52.1 Å². The summed E-state index contributed by atoms with van der Waals surface area (Å²) < 4.78 is 17.0. The van der Waals surface area contributed by atoms with E-state index in [-0.39, 0.29) is 6.10 Å². The SMILES string of the molecule is CON=CCCC(COCc1ccc(OC)cc1)Oc1cc(Cl)c(Cl)cc1Cl. The van der Waals surface area contributed by atoms with Gasteiger partial charge in [-0.05, 0) is 36.6 Å². The lowest BCUT2D eigenvalue weighted by Crippen LogP contribution is -2.23. The zero-order chi connectivity index (χ0) is 20.4. The fourth-order valence-electron chi connectivity index (χ4n) is 2.37. The minimum absolute atomic E-state index is 0.253. The van der Waals surface area contributed by atoms with E-state index in [1.807, 2.05) is 24.3 Å². The van der Waals surface area contributed by atoms with Crippen molar-refractivity contribution in [3.63, 3.8) is 0 Å². The Morgan fingerprint density at radius 2 is 1.71 bits per heavy atom. The number of benzene rings is 2. The predicted octanol–water partition coefficient (Wildman–Crippen LogP) is 6.03. The second-order valence-electron chi connectivity index (χ2n) is 5.85. The molecule has 0 N–H and O–H groups in total. The number of methoxy groups -OCH3 is 1. The molecule has 8 heteroatoms. The van der Waals surface area contributed by atoms with Crippen LogP contribution in [0.3, 0.4) is 0 Å². The molecule has 28 heavy (non-hydrogen) atoms. The number of halogens is 3. The summed E-state index contributed by atoms with van der Waals surface area (Å²) >= 11 is 18.3. The molecule has 2 rings (SSSR count). The first-order valence-corrected chi connectivity index (χ1v) is 9.73. The van der Waals surface area contributed by atoms with Gasteiger partial charge in [0, 0.05) is 12.3 Å². The van der Waals surface area contributed by atoms with Gasteiger partial charge < -0.3 is 19.0 Å². The van der Waals surface area contributed by atoms with E-state index in [2.05, 4.69) is 9.99 Å². The molecule has 1 atom stereocenters. The van der Waals surface area contributed by atoms with Crippen LogP contribution < -0.4 is 9.47 Å². The lowest BCUT2D eigenvalue weighted by atomic mass is 10.2. The molecule has 5 nitrogen and oxygen atoms in total. The van der Waals surface area contributed by atoms with E-state index < -0.39 is 0 Å². The molecular weight excluding hydrogens is 425 g/mol. The average molecular weight is 447 g/mol. The summed E-state index contributed by atoms with van der Waals surface area (Å²) in [7, 11) is 3.13. The van der Waals surface area contributed by atoms with Gasteiger partial charge in [0.05, 0.1) is 35.4 Å². The first kappa shape index (κ1) is 22.6. The van der Waals surface area contributed by atoms with E-state index >= 15 is 0 Å². The molecule has 2 aromatic rings. The Kier molecular flexibility index (Phi) is 9.71. The highest BCUT2D eigenvalue weighted by Crippen LogP contribution is 2.34. The summed E-state index contributed by atoms with van der Waals surface area (Å²) in [6, 6.07) is 10.9. The summed E-state index contributed by atoms with van der Waals surface area (Å²) in [6.45, 7) is 0.814. The molecule has 0 saturated carbocycles. The Morgan fingerprint density at radius 1 is 1.00 bits per heavy atom. The van der Waals surface area contributed by atoms with Crippen molar-refractivity contribution >= 4 is 41.0 Å². The van der Waals surface area contributed by atoms with Crippen molar-refractivity contribution in [1.29, 1.82) is 0 Å². The van der Waals surface area contributed by atoms with Crippen molar-refractivity contribution < 1.29 is 19.0 Å². The molecule has 152 valence electrons. The maximum atomic E-state index is 6.22. The monoisotopic (exact) mass is 445 g/mol. The maximum Gasteiger partial charge on any atom is 0.140 e. The molecule has 0 bridgehead atoms. The minimum atomic E-state index is -0.253. The summed E-state index contributed by atoms with van der Waals surface area (Å²) in [5.74, 6) is 1.26. The quantitative estimate of drug-likeness (QED) is 0.240.